The zero-order valence-electron chi connectivity index (χ0n) is 7.83. The monoisotopic (exact) mass is 270 g/mol. The number of rotatable bonds is 2. The van der Waals surface area contributed by atoms with Crippen LogP contribution in [-0.4, -0.2) is 17.4 Å². The quantitative estimate of drug-likeness (QED) is 0.657. The summed E-state index contributed by atoms with van der Waals surface area (Å²) in [4.78, 5) is 4.53. The third-order valence-electron chi connectivity index (χ3n) is 2.07. The number of hydrogen-bond acceptors (Lipinski definition) is 3. The zero-order chi connectivity index (χ0) is 9.97. The number of hydrogen-bond donors (Lipinski definition) is 1. The van der Waals surface area contributed by atoms with E-state index < -0.39 is 0 Å². The van der Waals surface area contributed by atoms with E-state index in [-0.39, 0.29) is 0 Å². The van der Waals surface area contributed by atoms with Gasteiger partial charge in [0.15, 0.2) is 0 Å². The van der Waals surface area contributed by atoms with Crippen molar-refractivity contribution in [1.29, 1.82) is 0 Å². The first kappa shape index (κ1) is 10.1. The second-order valence-corrected chi connectivity index (χ2v) is 4.46. The Morgan fingerprint density at radius 3 is 2.71 bits per heavy atom. The molecule has 0 saturated carbocycles. The van der Waals surface area contributed by atoms with E-state index in [1.807, 2.05) is 13.1 Å². The van der Waals surface area contributed by atoms with E-state index in [0.717, 1.165) is 5.33 Å². The lowest BCUT2D eigenvalue weighted by atomic mass is 10.1. The average molecular weight is 271 g/mol. The van der Waals surface area contributed by atoms with E-state index in [1.165, 1.54) is 16.2 Å². The molecule has 1 aromatic rings. The molecule has 0 unspecified atom stereocenters. The summed E-state index contributed by atoms with van der Waals surface area (Å²) in [5.74, 6) is 0. The topological polar surface area (TPSA) is 15.3 Å². The molecular weight excluding hydrogens is 260 g/mol. The lowest BCUT2D eigenvalue weighted by Gasteiger charge is -2.15. The number of halogens is 1. The van der Waals surface area contributed by atoms with Gasteiger partial charge < -0.3 is 5.01 Å². The molecule has 74 valence electrons. The Morgan fingerprint density at radius 1 is 1.36 bits per heavy atom. The average Bonchev–Trinajstić information content (AvgIpc) is 2.61. The minimum Gasteiger partial charge on any atom is -0.300 e. The van der Waals surface area contributed by atoms with E-state index >= 15 is 0 Å². The lowest BCUT2D eigenvalue weighted by Crippen LogP contribution is -2.21. The predicted octanol–water partition coefficient (Wildman–Crippen LogP) is 2.85. The van der Waals surface area contributed by atoms with Crippen LogP contribution in [-0.2, 0) is 0 Å². The van der Waals surface area contributed by atoms with E-state index in [0.29, 0.717) is 0 Å². The Bertz CT molecular complexity index is 350. The van der Waals surface area contributed by atoms with Crippen LogP contribution in [0.2, 0.25) is 0 Å². The minimum absolute atomic E-state index is 0.888. The second kappa shape index (κ2) is 4.38. The molecule has 4 heteroatoms. The largest absolute Gasteiger partial charge is 0.300 e. The summed E-state index contributed by atoms with van der Waals surface area (Å²) >= 11 is 5.16. The summed E-state index contributed by atoms with van der Waals surface area (Å²) in [7, 11) is 2.03. The summed E-state index contributed by atoms with van der Waals surface area (Å²) < 4.78 is 0. The molecule has 0 bridgehead atoms. The van der Waals surface area contributed by atoms with Gasteiger partial charge in [0.1, 0.15) is 0 Å². The van der Waals surface area contributed by atoms with Crippen molar-refractivity contribution in [2.45, 2.75) is 0 Å². The van der Waals surface area contributed by atoms with Gasteiger partial charge in [0, 0.05) is 22.8 Å². The molecule has 1 heterocycles. The van der Waals surface area contributed by atoms with Gasteiger partial charge in [-0.1, -0.05) is 46.3 Å². The van der Waals surface area contributed by atoms with Gasteiger partial charge in [-0.2, -0.15) is 4.83 Å². The Morgan fingerprint density at radius 2 is 2.07 bits per heavy atom. The molecule has 0 saturated heterocycles. The van der Waals surface area contributed by atoms with E-state index in [9.17, 15) is 0 Å². The van der Waals surface area contributed by atoms with Crippen molar-refractivity contribution in [3.8, 4) is 0 Å². The normalized spacial score (nSPS) is 16.6. The fourth-order valence-corrected chi connectivity index (χ4v) is 2.80. The van der Waals surface area contributed by atoms with Crippen LogP contribution in [0.1, 0.15) is 5.56 Å². The second-order valence-electron chi connectivity index (χ2n) is 3.02. The van der Waals surface area contributed by atoms with E-state index in [1.54, 1.807) is 11.9 Å². The smallest absolute Gasteiger partial charge is 0.0715 e. The van der Waals surface area contributed by atoms with Crippen LogP contribution >= 0.6 is 27.9 Å². The van der Waals surface area contributed by atoms with Crippen LogP contribution in [0.25, 0.3) is 5.70 Å². The molecule has 14 heavy (non-hydrogen) atoms. The van der Waals surface area contributed by atoms with Gasteiger partial charge in [-0.25, -0.2) is 0 Å². The molecule has 0 aliphatic carbocycles. The third kappa shape index (κ3) is 1.82. The van der Waals surface area contributed by atoms with Crippen LogP contribution in [0.4, 0.5) is 0 Å². The molecule has 0 atom stereocenters. The summed E-state index contributed by atoms with van der Waals surface area (Å²) in [5, 5.41) is 2.94. The molecule has 1 N–H and O–H groups in total. The van der Waals surface area contributed by atoms with Crippen LogP contribution in [0, 0.1) is 0 Å². The highest BCUT2D eigenvalue weighted by Crippen LogP contribution is 2.33. The maximum absolute atomic E-state index is 3.50. The first-order chi connectivity index (χ1) is 6.83. The van der Waals surface area contributed by atoms with Crippen molar-refractivity contribution < 1.29 is 0 Å². The maximum Gasteiger partial charge on any atom is 0.0715 e. The summed E-state index contributed by atoms with van der Waals surface area (Å²) in [6.45, 7) is 0. The molecule has 1 aliphatic rings. The first-order valence-corrected chi connectivity index (χ1v) is 6.27. The van der Waals surface area contributed by atoms with Crippen molar-refractivity contribution in [3.63, 3.8) is 0 Å². The van der Waals surface area contributed by atoms with Gasteiger partial charge in [0.05, 0.1) is 5.70 Å². The molecule has 0 spiro atoms. The number of nitrogens with one attached hydrogen (secondary N) is 1. The van der Waals surface area contributed by atoms with Crippen LogP contribution < -0.4 is 4.83 Å². The minimum atomic E-state index is 0.888. The van der Waals surface area contributed by atoms with Crippen molar-refractivity contribution in [2.24, 2.45) is 0 Å². The van der Waals surface area contributed by atoms with Crippen molar-refractivity contribution in [3.05, 3.63) is 40.8 Å². The SMILES string of the molecule is CN1NSC(CBr)=C1c1ccccc1. The fourth-order valence-electron chi connectivity index (χ4n) is 1.45. The molecule has 0 aromatic heterocycles. The molecule has 1 aromatic carbocycles. The van der Waals surface area contributed by atoms with Gasteiger partial charge in [-0.15, -0.1) is 0 Å². The standard InChI is InChI=1S/C10H11BrN2S/c1-13-10(9(7-11)14-12-13)8-5-3-2-4-6-8/h2-6,12H,7H2,1H3. The Hall–Kier alpha value is -0.450. The number of alkyl halides is 1. The van der Waals surface area contributed by atoms with Crippen molar-refractivity contribution in [2.75, 3.05) is 12.4 Å². The van der Waals surface area contributed by atoms with Crippen LogP contribution in [0.3, 0.4) is 0 Å². The summed E-state index contributed by atoms with van der Waals surface area (Å²) in [6, 6.07) is 10.4. The zero-order valence-corrected chi connectivity index (χ0v) is 10.2. The van der Waals surface area contributed by atoms with Gasteiger partial charge in [-0.05, 0) is 11.9 Å². The van der Waals surface area contributed by atoms with Crippen LogP contribution in [0.15, 0.2) is 35.2 Å². The number of hydrazine groups is 1. The third-order valence-corrected chi connectivity index (χ3v) is 3.96. The summed E-state index contributed by atoms with van der Waals surface area (Å²) in [6.07, 6.45) is 0. The van der Waals surface area contributed by atoms with Gasteiger partial charge in [0.2, 0.25) is 0 Å². The molecule has 2 nitrogen and oxygen atoms in total. The summed E-state index contributed by atoms with van der Waals surface area (Å²) in [5.41, 5.74) is 2.51. The number of nitrogens with zero attached hydrogens (tertiary/aromatic N) is 1. The lowest BCUT2D eigenvalue weighted by molar-refractivity contribution is 0.467. The highest BCUT2D eigenvalue weighted by Gasteiger charge is 2.20. The molecule has 0 radical (unpaired) electrons. The van der Waals surface area contributed by atoms with Gasteiger partial charge in [-0.3, -0.25) is 0 Å². The molecule has 0 amide bonds. The highest BCUT2D eigenvalue weighted by atomic mass is 79.9. The Kier molecular flexibility index (Phi) is 3.15. The molecule has 1 aliphatic heterocycles. The maximum atomic E-state index is 3.50. The highest BCUT2D eigenvalue weighted by molar-refractivity contribution is 9.09. The Labute approximate surface area is 96.6 Å². The molecular formula is C10H11BrN2S. The van der Waals surface area contributed by atoms with Crippen LogP contribution in [0.5, 0.6) is 0 Å². The van der Waals surface area contributed by atoms with Gasteiger partial charge in [0.25, 0.3) is 0 Å². The fraction of sp³-hybridized carbons (Fsp3) is 0.200. The predicted molar refractivity (Wildman–Crippen MR) is 65.6 cm³/mol. The van der Waals surface area contributed by atoms with Crippen molar-refractivity contribution >= 4 is 33.6 Å². The van der Waals surface area contributed by atoms with E-state index in [4.69, 9.17) is 0 Å². The van der Waals surface area contributed by atoms with Gasteiger partial charge >= 0.3 is 0 Å². The number of allylic oxidation sites excluding steroid dienone is 1. The number of benzene rings is 1. The molecule has 0 fully saturated rings. The van der Waals surface area contributed by atoms with Crippen molar-refractivity contribution in [1.82, 2.24) is 9.84 Å². The Balaban J connectivity index is 2.41. The molecule has 2 rings (SSSR count). The first-order valence-electron chi connectivity index (χ1n) is 4.33. The van der Waals surface area contributed by atoms with E-state index in [2.05, 4.69) is 50.0 Å².